The number of carbonyl (C=O) groups excluding carboxylic acids is 1. The van der Waals surface area contributed by atoms with Crippen LogP contribution in [-0.2, 0) is 4.79 Å². The average molecular weight is 250 g/mol. The Hall–Kier alpha value is -1.71. The summed E-state index contributed by atoms with van der Waals surface area (Å²) in [5.74, 6) is 0.825. The van der Waals surface area contributed by atoms with Crippen molar-refractivity contribution < 1.29 is 9.53 Å². The van der Waals surface area contributed by atoms with E-state index in [-0.39, 0.29) is 5.91 Å². The first-order valence-electron chi connectivity index (χ1n) is 6.35. The van der Waals surface area contributed by atoms with Gasteiger partial charge in [-0.25, -0.2) is 0 Å². The van der Waals surface area contributed by atoms with Crippen LogP contribution in [0.5, 0.6) is 5.75 Å². The Balaban J connectivity index is 2.27. The molecule has 0 aliphatic rings. The molecule has 0 spiro atoms. The summed E-state index contributed by atoms with van der Waals surface area (Å²) in [4.78, 5) is 13.5. The SMILES string of the molecule is CCCCN(C)C(=O)CCOc1cccc(N)c1. The molecule has 18 heavy (non-hydrogen) atoms. The number of hydrogen-bond acceptors (Lipinski definition) is 3. The summed E-state index contributed by atoms with van der Waals surface area (Å²) in [7, 11) is 1.83. The van der Waals surface area contributed by atoms with Crippen LogP contribution < -0.4 is 10.5 Å². The van der Waals surface area contributed by atoms with Gasteiger partial charge in [0, 0.05) is 25.3 Å². The van der Waals surface area contributed by atoms with E-state index in [0.29, 0.717) is 24.5 Å². The Morgan fingerprint density at radius 3 is 2.89 bits per heavy atom. The van der Waals surface area contributed by atoms with Gasteiger partial charge in [-0.05, 0) is 18.6 Å². The molecule has 1 aromatic rings. The van der Waals surface area contributed by atoms with E-state index >= 15 is 0 Å². The van der Waals surface area contributed by atoms with E-state index in [2.05, 4.69) is 6.92 Å². The monoisotopic (exact) mass is 250 g/mol. The van der Waals surface area contributed by atoms with Crippen LogP contribution in [0.1, 0.15) is 26.2 Å². The molecule has 2 N–H and O–H groups in total. The lowest BCUT2D eigenvalue weighted by atomic mass is 10.3. The number of carbonyl (C=O) groups is 1. The van der Waals surface area contributed by atoms with E-state index in [1.807, 2.05) is 19.2 Å². The van der Waals surface area contributed by atoms with Crippen molar-refractivity contribution in [2.75, 3.05) is 25.9 Å². The molecular formula is C14H22N2O2. The van der Waals surface area contributed by atoms with Crippen LogP contribution in [0.15, 0.2) is 24.3 Å². The van der Waals surface area contributed by atoms with Gasteiger partial charge in [0.25, 0.3) is 0 Å². The molecular weight excluding hydrogens is 228 g/mol. The molecule has 100 valence electrons. The van der Waals surface area contributed by atoms with Gasteiger partial charge < -0.3 is 15.4 Å². The van der Waals surface area contributed by atoms with Crippen molar-refractivity contribution >= 4 is 11.6 Å². The second kappa shape index (κ2) is 7.58. The molecule has 0 heterocycles. The number of ether oxygens (including phenoxy) is 1. The lowest BCUT2D eigenvalue weighted by Gasteiger charge is -2.16. The molecule has 0 fully saturated rings. The number of benzene rings is 1. The molecule has 0 aromatic heterocycles. The summed E-state index contributed by atoms with van der Waals surface area (Å²) in [6.07, 6.45) is 2.53. The van der Waals surface area contributed by atoms with E-state index in [1.165, 1.54) is 0 Å². The Morgan fingerprint density at radius 1 is 1.44 bits per heavy atom. The highest BCUT2D eigenvalue weighted by Crippen LogP contribution is 2.14. The predicted octanol–water partition coefficient (Wildman–Crippen LogP) is 2.30. The van der Waals surface area contributed by atoms with Gasteiger partial charge in [-0.1, -0.05) is 19.4 Å². The highest BCUT2D eigenvalue weighted by molar-refractivity contribution is 5.75. The minimum atomic E-state index is 0.118. The van der Waals surface area contributed by atoms with Crippen LogP contribution in [0.25, 0.3) is 0 Å². The summed E-state index contributed by atoms with van der Waals surface area (Å²) in [6.45, 7) is 3.31. The average Bonchev–Trinajstić information content (AvgIpc) is 2.35. The highest BCUT2D eigenvalue weighted by Gasteiger charge is 2.07. The molecule has 0 unspecified atom stereocenters. The number of anilines is 1. The maximum atomic E-state index is 11.7. The maximum Gasteiger partial charge on any atom is 0.225 e. The van der Waals surface area contributed by atoms with E-state index in [4.69, 9.17) is 10.5 Å². The number of unbranched alkanes of at least 4 members (excludes halogenated alkanes) is 1. The number of rotatable bonds is 7. The molecule has 4 heteroatoms. The van der Waals surface area contributed by atoms with Crippen LogP contribution in [0.3, 0.4) is 0 Å². The van der Waals surface area contributed by atoms with Crippen molar-refractivity contribution in [3.63, 3.8) is 0 Å². The van der Waals surface area contributed by atoms with Gasteiger partial charge in [-0.3, -0.25) is 4.79 Å². The van der Waals surface area contributed by atoms with Gasteiger partial charge in [-0.2, -0.15) is 0 Å². The van der Waals surface area contributed by atoms with Crippen molar-refractivity contribution in [2.24, 2.45) is 0 Å². The molecule has 0 bridgehead atoms. The molecule has 1 amide bonds. The Kier molecular flexibility index (Phi) is 6.05. The first-order valence-corrected chi connectivity index (χ1v) is 6.35. The van der Waals surface area contributed by atoms with E-state index < -0.39 is 0 Å². The van der Waals surface area contributed by atoms with Gasteiger partial charge in [0.1, 0.15) is 5.75 Å². The number of nitrogens with zero attached hydrogens (tertiary/aromatic N) is 1. The Labute approximate surface area is 109 Å². The second-order valence-corrected chi connectivity index (χ2v) is 4.34. The van der Waals surface area contributed by atoms with E-state index in [1.54, 1.807) is 17.0 Å². The Morgan fingerprint density at radius 2 is 2.22 bits per heavy atom. The van der Waals surface area contributed by atoms with Crippen molar-refractivity contribution in [3.05, 3.63) is 24.3 Å². The van der Waals surface area contributed by atoms with Crippen molar-refractivity contribution in [3.8, 4) is 5.75 Å². The fraction of sp³-hybridized carbons (Fsp3) is 0.500. The highest BCUT2D eigenvalue weighted by atomic mass is 16.5. The zero-order chi connectivity index (χ0) is 13.4. The topological polar surface area (TPSA) is 55.6 Å². The molecule has 4 nitrogen and oxygen atoms in total. The minimum Gasteiger partial charge on any atom is -0.493 e. The zero-order valence-electron chi connectivity index (χ0n) is 11.2. The van der Waals surface area contributed by atoms with Gasteiger partial charge in [0.2, 0.25) is 5.91 Å². The van der Waals surface area contributed by atoms with Crippen molar-refractivity contribution in [2.45, 2.75) is 26.2 Å². The van der Waals surface area contributed by atoms with Crippen LogP contribution in [-0.4, -0.2) is 31.0 Å². The molecule has 0 atom stereocenters. The molecule has 0 saturated heterocycles. The van der Waals surface area contributed by atoms with Gasteiger partial charge in [0.15, 0.2) is 0 Å². The normalized spacial score (nSPS) is 10.1. The van der Waals surface area contributed by atoms with Crippen molar-refractivity contribution in [1.82, 2.24) is 4.90 Å². The van der Waals surface area contributed by atoms with E-state index in [9.17, 15) is 4.79 Å². The molecule has 0 saturated carbocycles. The summed E-state index contributed by atoms with van der Waals surface area (Å²) in [5.41, 5.74) is 6.30. The zero-order valence-corrected chi connectivity index (χ0v) is 11.2. The predicted molar refractivity (Wildman–Crippen MR) is 73.5 cm³/mol. The lowest BCUT2D eigenvalue weighted by molar-refractivity contribution is -0.130. The van der Waals surface area contributed by atoms with Gasteiger partial charge >= 0.3 is 0 Å². The third kappa shape index (κ3) is 5.08. The van der Waals surface area contributed by atoms with Gasteiger partial charge in [0.05, 0.1) is 13.0 Å². The van der Waals surface area contributed by atoms with Crippen LogP contribution in [0, 0.1) is 0 Å². The second-order valence-electron chi connectivity index (χ2n) is 4.34. The van der Waals surface area contributed by atoms with Crippen LogP contribution in [0.2, 0.25) is 0 Å². The fourth-order valence-corrected chi connectivity index (χ4v) is 1.57. The number of amides is 1. The number of hydrogen-bond donors (Lipinski definition) is 1. The summed E-state index contributed by atoms with van der Waals surface area (Å²) in [5, 5.41) is 0. The minimum absolute atomic E-state index is 0.118. The molecule has 0 aliphatic heterocycles. The molecule has 1 rings (SSSR count). The van der Waals surface area contributed by atoms with Crippen molar-refractivity contribution in [1.29, 1.82) is 0 Å². The summed E-state index contributed by atoms with van der Waals surface area (Å²) in [6, 6.07) is 7.23. The standard InChI is InChI=1S/C14H22N2O2/c1-3-4-9-16(2)14(17)8-10-18-13-7-5-6-12(15)11-13/h5-7,11H,3-4,8-10,15H2,1-2H3. The lowest BCUT2D eigenvalue weighted by Crippen LogP contribution is -2.28. The van der Waals surface area contributed by atoms with Crippen LogP contribution in [0.4, 0.5) is 5.69 Å². The first-order chi connectivity index (χ1) is 8.63. The molecule has 0 aliphatic carbocycles. The quantitative estimate of drug-likeness (QED) is 0.755. The third-order valence-electron chi connectivity index (χ3n) is 2.72. The summed E-state index contributed by atoms with van der Waals surface area (Å²) >= 11 is 0. The Bertz CT molecular complexity index is 380. The molecule has 1 aromatic carbocycles. The fourth-order valence-electron chi connectivity index (χ4n) is 1.57. The van der Waals surface area contributed by atoms with Gasteiger partial charge in [-0.15, -0.1) is 0 Å². The largest absolute Gasteiger partial charge is 0.493 e. The van der Waals surface area contributed by atoms with Crippen LogP contribution >= 0.6 is 0 Å². The smallest absolute Gasteiger partial charge is 0.225 e. The maximum absolute atomic E-state index is 11.7. The molecule has 0 radical (unpaired) electrons. The third-order valence-corrected chi connectivity index (χ3v) is 2.72. The summed E-state index contributed by atoms with van der Waals surface area (Å²) < 4.78 is 5.48. The first kappa shape index (κ1) is 14.4. The number of nitrogens with two attached hydrogens (primary N) is 1. The number of nitrogen functional groups attached to an aromatic ring is 1. The van der Waals surface area contributed by atoms with E-state index in [0.717, 1.165) is 19.4 Å².